The fourth-order valence-electron chi connectivity index (χ4n) is 3.30. The van der Waals surface area contributed by atoms with Crippen molar-refractivity contribution in [3.63, 3.8) is 0 Å². The predicted octanol–water partition coefficient (Wildman–Crippen LogP) is 0.455. The van der Waals surface area contributed by atoms with Crippen molar-refractivity contribution in [3.8, 4) is 0 Å². The summed E-state index contributed by atoms with van der Waals surface area (Å²) in [5.74, 6) is -0.0111. The van der Waals surface area contributed by atoms with Crippen LogP contribution in [-0.2, 0) is 16.1 Å². The molecule has 0 spiro atoms. The number of rotatable bonds is 6. The van der Waals surface area contributed by atoms with E-state index in [0.29, 0.717) is 43.6 Å². The molecule has 1 saturated heterocycles. The molecule has 1 N–H and O–H groups in total. The Morgan fingerprint density at radius 1 is 1.14 bits per heavy atom. The molecule has 1 unspecified atom stereocenters. The lowest BCUT2D eigenvalue weighted by Gasteiger charge is -2.34. The fraction of sp³-hybridized carbons (Fsp3) is 0.500. The molecule has 2 aromatic rings. The SMILES string of the molecule is CCC(C)NC(=O)CN1CCN(C(=O)Cn2ncc(=O)c3ccccc32)CC1. The van der Waals surface area contributed by atoms with Crippen LogP contribution < -0.4 is 10.7 Å². The molecular weight excluding hydrogens is 358 g/mol. The molecule has 1 atom stereocenters. The second-order valence-electron chi connectivity index (χ2n) is 7.22. The molecule has 1 aromatic carbocycles. The van der Waals surface area contributed by atoms with E-state index in [0.717, 1.165) is 6.42 Å². The van der Waals surface area contributed by atoms with Crippen LogP contribution in [0.3, 0.4) is 0 Å². The van der Waals surface area contributed by atoms with Gasteiger partial charge in [0.15, 0.2) is 0 Å². The van der Waals surface area contributed by atoms with Crippen LogP contribution in [0.2, 0.25) is 0 Å². The van der Waals surface area contributed by atoms with Crippen molar-refractivity contribution >= 4 is 22.7 Å². The minimum absolute atomic E-state index is 0.0260. The molecule has 0 aliphatic carbocycles. The van der Waals surface area contributed by atoms with Crippen molar-refractivity contribution in [2.45, 2.75) is 32.9 Å². The average molecular weight is 385 g/mol. The summed E-state index contributed by atoms with van der Waals surface area (Å²) in [4.78, 5) is 40.5. The van der Waals surface area contributed by atoms with Crippen molar-refractivity contribution in [1.29, 1.82) is 0 Å². The van der Waals surface area contributed by atoms with Gasteiger partial charge in [-0.15, -0.1) is 0 Å². The lowest BCUT2D eigenvalue weighted by atomic mass is 10.2. The van der Waals surface area contributed by atoms with Crippen molar-refractivity contribution in [3.05, 3.63) is 40.7 Å². The van der Waals surface area contributed by atoms with Crippen molar-refractivity contribution < 1.29 is 9.59 Å². The summed E-state index contributed by atoms with van der Waals surface area (Å²) in [6, 6.07) is 7.34. The number of carbonyl (C=O) groups is 2. The molecule has 2 heterocycles. The topological polar surface area (TPSA) is 87.5 Å². The van der Waals surface area contributed by atoms with Gasteiger partial charge < -0.3 is 10.2 Å². The van der Waals surface area contributed by atoms with E-state index in [4.69, 9.17) is 0 Å². The molecule has 8 heteroatoms. The molecule has 1 aliphatic rings. The first kappa shape index (κ1) is 20.0. The number of aromatic nitrogens is 2. The molecule has 0 saturated carbocycles. The van der Waals surface area contributed by atoms with Crippen LogP contribution in [0.5, 0.6) is 0 Å². The maximum Gasteiger partial charge on any atom is 0.244 e. The molecular formula is C20H27N5O3. The molecule has 150 valence electrons. The second kappa shape index (κ2) is 8.97. The van der Waals surface area contributed by atoms with Crippen molar-refractivity contribution in [1.82, 2.24) is 24.9 Å². The predicted molar refractivity (Wildman–Crippen MR) is 107 cm³/mol. The van der Waals surface area contributed by atoms with Crippen molar-refractivity contribution in [2.24, 2.45) is 0 Å². The van der Waals surface area contributed by atoms with E-state index in [1.54, 1.807) is 27.8 Å². The van der Waals surface area contributed by atoms with E-state index >= 15 is 0 Å². The first-order valence-electron chi connectivity index (χ1n) is 9.72. The summed E-state index contributed by atoms with van der Waals surface area (Å²) in [5, 5.41) is 7.65. The smallest absolute Gasteiger partial charge is 0.244 e. The summed E-state index contributed by atoms with van der Waals surface area (Å²) in [6.45, 7) is 6.96. The Labute approximate surface area is 164 Å². The Hall–Kier alpha value is -2.74. The highest BCUT2D eigenvalue weighted by molar-refractivity contribution is 5.81. The lowest BCUT2D eigenvalue weighted by molar-refractivity contribution is -0.134. The molecule has 0 radical (unpaired) electrons. The monoisotopic (exact) mass is 385 g/mol. The number of piperazine rings is 1. The van der Waals surface area contributed by atoms with Gasteiger partial charge in [-0.25, -0.2) is 0 Å². The van der Waals surface area contributed by atoms with Crippen LogP contribution in [0, 0.1) is 0 Å². The normalized spacial score (nSPS) is 16.1. The number of nitrogens with one attached hydrogen (secondary N) is 1. The van der Waals surface area contributed by atoms with Gasteiger partial charge in [-0.3, -0.25) is 24.0 Å². The van der Waals surface area contributed by atoms with Gasteiger partial charge in [0.2, 0.25) is 17.2 Å². The molecule has 3 rings (SSSR count). The van der Waals surface area contributed by atoms with Crippen LogP contribution in [0.4, 0.5) is 0 Å². The van der Waals surface area contributed by atoms with E-state index in [2.05, 4.69) is 15.3 Å². The third-order valence-corrected chi connectivity index (χ3v) is 5.16. The summed E-state index contributed by atoms with van der Waals surface area (Å²) in [7, 11) is 0. The highest BCUT2D eigenvalue weighted by atomic mass is 16.2. The highest BCUT2D eigenvalue weighted by Gasteiger charge is 2.23. The number of nitrogens with zero attached hydrogens (tertiary/aromatic N) is 4. The van der Waals surface area contributed by atoms with Gasteiger partial charge in [-0.05, 0) is 25.5 Å². The standard InChI is InChI=1S/C20H27N5O3/c1-3-15(2)22-19(27)13-23-8-10-24(11-9-23)20(28)14-25-17-7-5-4-6-16(17)18(26)12-21-25/h4-7,12,15H,3,8-11,13-14H2,1-2H3,(H,22,27). The number of hydrogen-bond acceptors (Lipinski definition) is 5. The number of amides is 2. The first-order chi connectivity index (χ1) is 13.5. The van der Waals surface area contributed by atoms with Gasteiger partial charge in [0, 0.05) is 37.6 Å². The zero-order valence-electron chi connectivity index (χ0n) is 16.4. The number of hydrogen-bond donors (Lipinski definition) is 1. The first-order valence-corrected chi connectivity index (χ1v) is 9.72. The molecule has 0 bridgehead atoms. The zero-order valence-corrected chi connectivity index (χ0v) is 16.4. The number of carbonyl (C=O) groups excluding carboxylic acids is 2. The molecule has 1 aliphatic heterocycles. The summed E-state index contributed by atoms with van der Waals surface area (Å²) >= 11 is 0. The van der Waals surface area contributed by atoms with Gasteiger partial charge in [0.25, 0.3) is 0 Å². The number of fused-ring (bicyclic) bond motifs is 1. The minimum Gasteiger partial charge on any atom is -0.353 e. The number of para-hydroxylation sites is 1. The van der Waals surface area contributed by atoms with E-state index in [-0.39, 0.29) is 29.8 Å². The van der Waals surface area contributed by atoms with Crippen LogP contribution in [0.15, 0.2) is 35.3 Å². The zero-order chi connectivity index (χ0) is 20.1. The Kier molecular flexibility index (Phi) is 6.41. The summed E-state index contributed by atoms with van der Waals surface area (Å²) in [5.41, 5.74) is 0.507. The Morgan fingerprint density at radius 3 is 2.57 bits per heavy atom. The molecule has 28 heavy (non-hydrogen) atoms. The average Bonchev–Trinajstić information content (AvgIpc) is 2.70. The fourth-order valence-corrected chi connectivity index (χ4v) is 3.30. The van der Waals surface area contributed by atoms with E-state index in [1.165, 1.54) is 6.20 Å². The van der Waals surface area contributed by atoms with E-state index < -0.39 is 0 Å². The second-order valence-corrected chi connectivity index (χ2v) is 7.22. The Morgan fingerprint density at radius 2 is 1.86 bits per heavy atom. The van der Waals surface area contributed by atoms with Gasteiger partial charge in [-0.1, -0.05) is 19.1 Å². The van der Waals surface area contributed by atoms with Gasteiger partial charge in [0.05, 0.1) is 18.3 Å². The Bertz CT molecular complexity index is 902. The third-order valence-electron chi connectivity index (χ3n) is 5.16. The van der Waals surface area contributed by atoms with Crippen molar-refractivity contribution in [2.75, 3.05) is 32.7 Å². The van der Waals surface area contributed by atoms with Crippen LogP contribution in [-0.4, -0.2) is 70.2 Å². The van der Waals surface area contributed by atoms with Gasteiger partial charge >= 0.3 is 0 Å². The van der Waals surface area contributed by atoms with Crippen LogP contribution in [0.25, 0.3) is 10.9 Å². The lowest BCUT2D eigenvalue weighted by Crippen LogP contribution is -2.52. The van der Waals surface area contributed by atoms with Gasteiger partial charge in [-0.2, -0.15) is 5.10 Å². The minimum atomic E-state index is -0.149. The summed E-state index contributed by atoms with van der Waals surface area (Å²) in [6.07, 6.45) is 2.16. The highest BCUT2D eigenvalue weighted by Crippen LogP contribution is 2.09. The molecule has 2 amide bonds. The molecule has 1 fully saturated rings. The van der Waals surface area contributed by atoms with E-state index in [1.807, 2.05) is 19.9 Å². The summed E-state index contributed by atoms with van der Waals surface area (Å²) < 4.78 is 1.57. The maximum absolute atomic E-state index is 12.7. The molecule has 1 aromatic heterocycles. The Balaban J connectivity index is 1.56. The third kappa shape index (κ3) is 4.75. The molecule has 8 nitrogen and oxygen atoms in total. The maximum atomic E-state index is 12.7. The van der Waals surface area contributed by atoms with Crippen LogP contribution >= 0.6 is 0 Å². The van der Waals surface area contributed by atoms with Crippen LogP contribution in [0.1, 0.15) is 20.3 Å². The number of benzene rings is 1. The van der Waals surface area contributed by atoms with Gasteiger partial charge in [0.1, 0.15) is 6.54 Å². The van der Waals surface area contributed by atoms with E-state index in [9.17, 15) is 14.4 Å². The quantitative estimate of drug-likeness (QED) is 0.780. The largest absolute Gasteiger partial charge is 0.353 e.